The van der Waals surface area contributed by atoms with Gasteiger partial charge in [0.25, 0.3) is 5.91 Å². The highest BCUT2D eigenvalue weighted by Gasteiger charge is 2.79. The number of likely N-dealkylation sites (tertiary alicyclic amines) is 1. The highest BCUT2D eigenvalue weighted by atomic mass is 16.5. The predicted molar refractivity (Wildman–Crippen MR) is 168 cm³/mol. The summed E-state index contributed by atoms with van der Waals surface area (Å²) in [6.45, 7) is 14.3. The van der Waals surface area contributed by atoms with Gasteiger partial charge in [0.05, 0.1) is 17.4 Å². The van der Waals surface area contributed by atoms with Crippen molar-refractivity contribution in [3.05, 3.63) is 85.0 Å². The molecular formula is C35H43N3O5. The largest absolute Gasteiger partial charge is 0.396 e. The fourth-order valence-corrected chi connectivity index (χ4v) is 7.88. The maximum atomic E-state index is 14.8. The maximum Gasteiger partial charge on any atom is 0.253 e. The zero-order valence-corrected chi connectivity index (χ0v) is 25.5. The minimum Gasteiger partial charge on any atom is -0.396 e. The van der Waals surface area contributed by atoms with Gasteiger partial charge in [-0.25, -0.2) is 0 Å². The van der Waals surface area contributed by atoms with Crippen LogP contribution in [0.5, 0.6) is 0 Å². The normalized spacial score (nSPS) is 27.2. The van der Waals surface area contributed by atoms with Crippen LogP contribution in [0.4, 0.5) is 11.4 Å². The van der Waals surface area contributed by atoms with Crippen molar-refractivity contribution in [2.24, 2.45) is 11.8 Å². The number of aryl methyl sites for hydroxylation is 2. The summed E-state index contributed by atoms with van der Waals surface area (Å²) in [4.78, 5) is 48.9. The third-order valence-corrected chi connectivity index (χ3v) is 9.67. The molecule has 8 heteroatoms. The van der Waals surface area contributed by atoms with E-state index in [2.05, 4.69) is 13.2 Å². The van der Waals surface area contributed by atoms with Crippen molar-refractivity contribution in [3.63, 3.8) is 0 Å². The minimum atomic E-state index is -1.16. The molecule has 3 fully saturated rings. The first-order valence-electron chi connectivity index (χ1n) is 15.3. The van der Waals surface area contributed by atoms with Gasteiger partial charge in [-0.05, 0) is 62.8 Å². The highest BCUT2D eigenvalue weighted by Crippen LogP contribution is 2.65. The van der Waals surface area contributed by atoms with E-state index in [0.717, 1.165) is 22.5 Å². The van der Waals surface area contributed by atoms with Gasteiger partial charge < -0.3 is 24.5 Å². The maximum absolute atomic E-state index is 14.8. The number of carbonyl (C=O) groups excluding carboxylic acids is 3. The van der Waals surface area contributed by atoms with Gasteiger partial charge in [-0.3, -0.25) is 14.4 Å². The van der Waals surface area contributed by atoms with Crippen LogP contribution >= 0.6 is 0 Å². The van der Waals surface area contributed by atoms with Crippen LogP contribution in [0.25, 0.3) is 0 Å². The van der Waals surface area contributed by atoms with E-state index in [1.807, 2.05) is 69.3 Å². The zero-order valence-electron chi connectivity index (χ0n) is 25.5. The average molecular weight is 586 g/mol. The Kier molecular flexibility index (Phi) is 8.63. The van der Waals surface area contributed by atoms with E-state index in [0.29, 0.717) is 25.7 Å². The van der Waals surface area contributed by atoms with Gasteiger partial charge in [-0.15, -0.1) is 13.2 Å². The molecule has 3 amide bonds. The summed E-state index contributed by atoms with van der Waals surface area (Å²) in [5.74, 6) is -2.29. The molecule has 2 aromatic carbocycles. The third kappa shape index (κ3) is 4.81. The summed E-state index contributed by atoms with van der Waals surface area (Å²) in [5, 5.41) is 9.74. The Balaban J connectivity index is 1.63. The number of carbonyl (C=O) groups is 3. The highest BCUT2D eigenvalue weighted by molar-refractivity contribution is 6.07. The SMILES string of the molecule is C=CCN(C(=O)[C@@H]1[C@H]2C(=O)N(CCCO)C(C(=O)N(CC=C)c3c(C)cccc3C)C23CC[C@@]1(CC)O3)c1ccccc1. The number of anilines is 2. The van der Waals surface area contributed by atoms with Gasteiger partial charge in [-0.1, -0.05) is 55.5 Å². The van der Waals surface area contributed by atoms with Crippen LogP contribution in [0.1, 0.15) is 43.7 Å². The standard InChI is InChI=1S/C35H43N3O5/c1-6-20-36(26-16-10-9-11-17-26)31(40)27-28-32(41)38(22-13-23-39)30(35(28)19-18-34(27,8-3)43-35)33(42)37(21-7-2)29-24(4)14-12-15-25(29)5/h6-7,9-12,14-17,27-28,30,39H,1-2,8,13,18-23H2,3-5H3/t27-,28-,30?,34+,35?/m0/s1. The lowest BCUT2D eigenvalue weighted by Crippen LogP contribution is -2.57. The van der Waals surface area contributed by atoms with Crippen molar-refractivity contribution in [1.29, 1.82) is 0 Å². The number of aliphatic hydroxyl groups is 1. The third-order valence-electron chi connectivity index (χ3n) is 9.67. The number of amides is 3. The molecule has 3 saturated heterocycles. The Morgan fingerprint density at radius 2 is 1.65 bits per heavy atom. The molecule has 1 spiro atoms. The number of benzene rings is 2. The smallest absolute Gasteiger partial charge is 0.253 e. The molecule has 5 rings (SSSR count). The van der Waals surface area contributed by atoms with Crippen LogP contribution in [-0.4, -0.2) is 71.2 Å². The monoisotopic (exact) mass is 585 g/mol. The summed E-state index contributed by atoms with van der Waals surface area (Å²) in [6, 6.07) is 14.3. The van der Waals surface area contributed by atoms with Crippen molar-refractivity contribution in [1.82, 2.24) is 4.90 Å². The first kappa shape index (κ1) is 30.7. The molecule has 43 heavy (non-hydrogen) atoms. The van der Waals surface area contributed by atoms with Gasteiger partial charge >= 0.3 is 0 Å². The molecule has 0 aromatic heterocycles. The summed E-state index contributed by atoms with van der Waals surface area (Å²) in [6.07, 6.45) is 5.29. The van der Waals surface area contributed by atoms with Crippen LogP contribution in [-0.2, 0) is 19.1 Å². The second kappa shape index (κ2) is 12.1. The first-order chi connectivity index (χ1) is 20.7. The Hall–Kier alpha value is -3.75. The van der Waals surface area contributed by atoms with Crippen molar-refractivity contribution < 1.29 is 24.2 Å². The number of aliphatic hydroxyl groups excluding tert-OH is 1. The number of rotatable bonds is 12. The first-order valence-corrected chi connectivity index (χ1v) is 15.3. The Labute approximate surface area is 254 Å². The van der Waals surface area contributed by atoms with Crippen molar-refractivity contribution in [3.8, 4) is 0 Å². The van der Waals surface area contributed by atoms with E-state index < -0.39 is 29.1 Å². The molecule has 0 saturated carbocycles. The Bertz CT molecular complexity index is 1390. The molecule has 228 valence electrons. The van der Waals surface area contributed by atoms with Crippen molar-refractivity contribution in [2.45, 2.75) is 63.7 Å². The van der Waals surface area contributed by atoms with E-state index in [-0.39, 0.29) is 44.0 Å². The lowest BCUT2D eigenvalue weighted by Gasteiger charge is -2.37. The Morgan fingerprint density at radius 3 is 2.26 bits per heavy atom. The molecule has 1 N–H and O–H groups in total. The summed E-state index contributed by atoms with van der Waals surface area (Å²) >= 11 is 0. The van der Waals surface area contributed by atoms with E-state index in [4.69, 9.17) is 4.74 Å². The molecular weight excluding hydrogens is 542 g/mol. The van der Waals surface area contributed by atoms with Gasteiger partial charge in [0, 0.05) is 37.6 Å². The molecule has 3 heterocycles. The van der Waals surface area contributed by atoms with Gasteiger partial charge in [-0.2, -0.15) is 0 Å². The van der Waals surface area contributed by atoms with Gasteiger partial charge in [0.15, 0.2) is 0 Å². The second-order valence-electron chi connectivity index (χ2n) is 12.0. The van der Waals surface area contributed by atoms with E-state index in [1.54, 1.807) is 26.9 Å². The molecule has 0 aliphatic carbocycles. The number of fused-ring (bicyclic) bond motifs is 1. The minimum absolute atomic E-state index is 0.126. The van der Waals surface area contributed by atoms with Gasteiger partial charge in [0.2, 0.25) is 11.8 Å². The molecule has 2 aromatic rings. The Morgan fingerprint density at radius 1 is 1.00 bits per heavy atom. The van der Waals surface area contributed by atoms with E-state index >= 15 is 0 Å². The van der Waals surface area contributed by atoms with Crippen molar-refractivity contribution in [2.75, 3.05) is 36.0 Å². The van der Waals surface area contributed by atoms with Crippen molar-refractivity contribution >= 4 is 29.1 Å². The average Bonchev–Trinajstić information content (AvgIpc) is 3.61. The summed E-state index contributed by atoms with van der Waals surface area (Å²) in [5.41, 5.74) is 1.36. The predicted octanol–water partition coefficient (Wildman–Crippen LogP) is 4.58. The van der Waals surface area contributed by atoms with Crippen LogP contribution < -0.4 is 9.80 Å². The number of para-hydroxylation sites is 2. The lowest BCUT2D eigenvalue weighted by molar-refractivity contribution is -0.146. The molecule has 2 unspecified atom stereocenters. The molecule has 5 atom stereocenters. The fourth-order valence-electron chi connectivity index (χ4n) is 7.88. The molecule has 0 radical (unpaired) electrons. The molecule has 2 bridgehead atoms. The van der Waals surface area contributed by atoms with Crippen LogP contribution in [0, 0.1) is 25.7 Å². The van der Waals surface area contributed by atoms with Crippen LogP contribution in [0.3, 0.4) is 0 Å². The van der Waals surface area contributed by atoms with Crippen LogP contribution in [0.15, 0.2) is 73.8 Å². The van der Waals surface area contributed by atoms with E-state index in [1.165, 1.54) is 0 Å². The summed E-state index contributed by atoms with van der Waals surface area (Å²) < 4.78 is 6.99. The quantitative estimate of drug-likeness (QED) is 0.369. The van der Waals surface area contributed by atoms with Crippen LogP contribution in [0.2, 0.25) is 0 Å². The van der Waals surface area contributed by atoms with E-state index in [9.17, 15) is 19.5 Å². The summed E-state index contributed by atoms with van der Waals surface area (Å²) in [7, 11) is 0. The number of hydrogen-bond acceptors (Lipinski definition) is 5. The lowest BCUT2D eigenvalue weighted by atomic mass is 9.64. The number of hydrogen-bond donors (Lipinski definition) is 1. The molecule has 3 aliphatic heterocycles. The fraction of sp³-hybridized carbons (Fsp3) is 0.457. The van der Waals surface area contributed by atoms with Gasteiger partial charge in [0.1, 0.15) is 11.6 Å². The zero-order chi connectivity index (χ0) is 30.9. The second-order valence-corrected chi connectivity index (χ2v) is 12.0. The number of ether oxygens (including phenoxy) is 1. The number of nitrogens with zero attached hydrogens (tertiary/aromatic N) is 3. The molecule has 3 aliphatic rings. The molecule has 8 nitrogen and oxygen atoms in total. The topological polar surface area (TPSA) is 90.4 Å².